The summed E-state index contributed by atoms with van der Waals surface area (Å²) in [5.41, 5.74) is 8.72. The largest absolute Gasteiger partial charge is 0.370 e. The van der Waals surface area contributed by atoms with Gasteiger partial charge in [0.05, 0.1) is 0 Å². The van der Waals surface area contributed by atoms with E-state index in [0.29, 0.717) is 0 Å². The number of nitrogens with one attached hydrogen (secondary N) is 1. The van der Waals surface area contributed by atoms with Crippen LogP contribution in [0.25, 0.3) is 10.9 Å². The molecule has 126 valence electrons. The smallest absolute Gasteiger partial charge is 0.191 e. The van der Waals surface area contributed by atoms with Crippen LogP contribution in [0.1, 0.15) is 37.7 Å². The van der Waals surface area contributed by atoms with E-state index < -0.39 is 0 Å². The molecule has 0 saturated carbocycles. The summed E-state index contributed by atoms with van der Waals surface area (Å²) in [7, 11) is 0. The van der Waals surface area contributed by atoms with Crippen molar-refractivity contribution in [1.29, 1.82) is 0 Å². The SMILES string of the molecule is I.NC(=NCCCc1c[nH]c2ccccc12)N1CCCCCC1. The highest BCUT2D eigenvalue weighted by Gasteiger charge is 2.10. The minimum Gasteiger partial charge on any atom is -0.370 e. The second kappa shape index (κ2) is 9.15. The molecule has 2 heterocycles. The summed E-state index contributed by atoms with van der Waals surface area (Å²) >= 11 is 0. The molecule has 0 spiro atoms. The number of nitrogens with zero attached hydrogens (tertiary/aromatic N) is 2. The van der Waals surface area contributed by atoms with E-state index in [1.54, 1.807) is 0 Å². The number of benzene rings is 1. The molecular formula is C18H27IN4. The monoisotopic (exact) mass is 426 g/mol. The van der Waals surface area contributed by atoms with E-state index in [9.17, 15) is 0 Å². The van der Waals surface area contributed by atoms with E-state index in [1.165, 1.54) is 42.1 Å². The van der Waals surface area contributed by atoms with Gasteiger partial charge >= 0.3 is 0 Å². The first-order valence-corrected chi connectivity index (χ1v) is 8.44. The molecule has 5 heteroatoms. The Labute approximate surface area is 155 Å². The number of halogens is 1. The lowest BCUT2D eigenvalue weighted by molar-refractivity contribution is 0.428. The molecule has 3 N–H and O–H groups in total. The van der Waals surface area contributed by atoms with Gasteiger partial charge in [0.25, 0.3) is 0 Å². The number of rotatable bonds is 4. The van der Waals surface area contributed by atoms with Gasteiger partial charge in [0, 0.05) is 36.7 Å². The van der Waals surface area contributed by atoms with Gasteiger partial charge in [-0.05, 0) is 37.3 Å². The van der Waals surface area contributed by atoms with E-state index in [2.05, 4.69) is 45.3 Å². The highest BCUT2D eigenvalue weighted by Crippen LogP contribution is 2.18. The van der Waals surface area contributed by atoms with Crippen LogP contribution in [0, 0.1) is 0 Å². The Kier molecular flexibility index (Phi) is 7.20. The average molecular weight is 426 g/mol. The minimum atomic E-state index is 0. The molecular weight excluding hydrogens is 399 g/mol. The minimum absolute atomic E-state index is 0. The zero-order valence-electron chi connectivity index (χ0n) is 13.6. The molecule has 4 nitrogen and oxygen atoms in total. The van der Waals surface area contributed by atoms with Crippen LogP contribution in [0.3, 0.4) is 0 Å². The van der Waals surface area contributed by atoms with E-state index in [0.717, 1.165) is 38.4 Å². The predicted octanol–water partition coefficient (Wildman–Crippen LogP) is 3.91. The molecule has 0 radical (unpaired) electrons. The fourth-order valence-corrected chi connectivity index (χ4v) is 3.20. The van der Waals surface area contributed by atoms with Crippen LogP contribution < -0.4 is 5.73 Å². The van der Waals surface area contributed by atoms with Crippen molar-refractivity contribution in [3.8, 4) is 0 Å². The maximum absolute atomic E-state index is 6.14. The number of para-hydroxylation sites is 1. The summed E-state index contributed by atoms with van der Waals surface area (Å²) in [6, 6.07) is 8.45. The Morgan fingerprint density at radius 3 is 2.65 bits per heavy atom. The molecule has 1 aliphatic heterocycles. The highest BCUT2D eigenvalue weighted by molar-refractivity contribution is 14.0. The molecule has 1 fully saturated rings. The normalized spacial score (nSPS) is 16.2. The third kappa shape index (κ3) is 4.86. The van der Waals surface area contributed by atoms with Crippen molar-refractivity contribution in [2.45, 2.75) is 38.5 Å². The molecule has 0 amide bonds. The fourth-order valence-electron chi connectivity index (χ4n) is 3.20. The van der Waals surface area contributed by atoms with Crippen LogP contribution in [0.2, 0.25) is 0 Å². The molecule has 0 bridgehead atoms. The molecule has 0 atom stereocenters. The standard InChI is InChI=1S/C18H26N4.HI/c19-18(22-12-5-1-2-6-13-22)20-11-7-8-15-14-21-17-10-4-3-9-16(15)17;/h3-4,9-10,14,21H,1-2,5-8,11-13H2,(H2,19,20);1H. The van der Waals surface area contributed by atoms with Crippen molar-refractivity contribution in [3.63, 3.8) is 0 Å². The molecule has 1 aromatic carbocycles. The molecule has 0 unspecified atom stereocenters. The number of aromatic nitrogens is 1. The van der Waals surface area contributed by atoms with Gasteiger partial charge in [-0.25, -0.2) is 0 Å². The zero-order valence-corrected chi connectivity index (χ0v) is 16.0. The Bertz CT molecular complexity index is 627. The van der Waals surface area contributed by atoms with E-state index in [4.69, 9.17) is 5.73 Å². The molecule has 1 aliphatic rings. The third-order valence-corrected chi connectivity index (χ3v) is 4.48. The highest BCUT2D eigenvalue weighted by atomic mass is 127. The number of fused-ring (bicyclic) bond motifs is 1. The van der Waals surface area contributed by atoms with Crippen LogP contribution in [-0.4, -0.2) is 35.5 Å². The lowest BCUT2D eigenvalue weighted by Gasteiger charge is -2.21. The number of aliphatic imine (C=N–C) groups is 1. The second-order valence-corrected chi connectivity index (χ2v) is 6.10. The van der Waals surface area contributed by atoms with Crippen molar-refractivity contribution >= 4 is 40.8 Å². The van der Waals surface area contributed by atoms with Crippen molar-refractivity contribution in [2.24, 2.45) is 10.7 Å². The average Bonchev–Trinajstić information content (AvgIpc) is 2.77. The number of nitrogens with two attached hydrogens (primary N) is 1. The summed E-state index contributed by atoms with van der Waals surface area (Å²) in [5.74, 6) is 0.737. The summed E-state index contributed by atoms with van der Waals surface area (Å²) in [6.45, 7) is 2.94. The van der Waals surface area contributed by atoms with Crippen LogP contribution in [-0.2, 0) is 6.42 Å². The predicted molar refractivity (Wildman–Crippen MR) is 109 cm³/mol. The lowest BCUT2D eigenvalue weighted by Crippen LogP contribution is -2.38. The van der Waals surface area contributed by atoms with Crippen molar-refractivity contribution < 1.29 is 0 Å². The fraction of sp³-hybridized carbons (Fsp3) is 0.500. The van der Waals surface area contributed by atoms with Gasteiger partial charge in [-0.2, -0.15) is 0 Å². The molecule has 23 heavy (non-hydrogen) atoms. The maximum atomic E-state index is 6.14. The van der Waals surface area contributed by atoms with Crippen molar-refractivity contribution in [1.82, 2.24) is 9.88 Å². The van der Waals surface area contributed by atoms with Gasteiger partial charge in [0.2, 0.25) is 0 Å². The Morgan fingerprint density at radius 2 is 1.87 bits per heavy atom. The molecule has 0 aliphatic carbocycles. The van der Waals surface area contributed by atoms with Crippen LogP contribution in [0.5, 0.6) is 0 Å². The number of aryl methyl sites for hydroxylation is 1. The Hall–Kier alpha value is -1.24. The van der Waals surface area contributed by atoms with Gasteiger partial charge in [-0.1, -0.05) is 31.0 Å². The Morgan fingerprint density at radius 1 is 1.13 bits per heavy atom. The number of guanidine groups is 1. The quantitative estimate of drug-likeness (QED) is 0.337. The molecule has 1 aromatic heterocycles. The first-order valence-electron chi connectivity index (χ1n) is 8.44. The van der Waals surface area contributed by atoms with Crippen LogP contribution in [0.4, 0.5) is 0 Å². The summed E-state index contributed by atoms with van der Waals surface area (Å²) < 4.78 is 0. The summed E-state index contributed by atoms with van der Waals surface area (Å²) in [4.78, 5) is 10.2. The van der Waals surface area contributed by atoms with Gasteiger partial charge in [-0.15, -0.1) is 24.0 Å². The first-order chi connectivity index (χ1) is 10.8. The van der Waals surface area contributed by atoms with Gasteiger partial charge < -0.3 is 15.6 Å². The van der Waals surface area contributed by atoms with Gasteiger partial charge in [0.1, 0.15) is 0 Å². The van der Waals surface area contributed by atoms with Crippen molar-refractivity contribution in [3.05, 3.63) is 36.0 Å². The zero-order chi connectivity index (χ0) is 15.2. The number of hydrogen-bond acceptors (Lipinski definition) is 1. The third-order valence-electron chi connectivity index (χ3n) is 4.48. The van der Waals surface area contributed by atoms with Crippen LogP contribution in [0.15, 0.2) is 35.5 Å². The molecule has 1 saturated heterocycles. The lowest BCUT2D eigenvalue weighted by atomic mass is 10.1. The van der Waals surface area contributed by atoms with E-state index >= 15 is 0 Å². The molecule has 2 aromatic rings. The summed E-state index contributed by atoms with van der Waals surface area (Å²) in [6.07, 6.45) is 9.33. The number of H-pyrrole nitrogens is 1. The van der Waals surface area contributed by atoms with Gasteiger partial charge in [-0.3, -0.25) is 4.99 Å². The van der Waals surface area contributed by atoms with E-state index in [-0.39, 0.29) is 24.0 Å². The number of likely N-dealkylation sites (tertiary alicyclic amines) is 1. The molecule has 3 rings (SSSR count). The second-order valence-electron chi connectivity index (χ2n) is 6.10. The first kappa shape index (κ1) is 18.1. The summed E-state index contributed by atoms with van der Waals surface area (Å²) in [5, 5.41) is 1.33. The number of hydrogen-bond donors (Lipinski definition) is 2. The number of aromatic amines is 1. The Balaban J connectivity index is 0.00000192. The van der Waals surface area contributed by atoms with Gasteiger partial charge in [0.15, 0.2) is 5.96 Å². The topological polar surface area (TPSA) is 57.4 Å². The maximum Gasteiger partial charge on any atom is 0.191 e. The van der Waals surface area contributed by atoms with Crippen LogP contribution >= 0.6 is 24.0 Å². The van der Waals surface area contributed by atoms with E-state index in [1.807, 2.05) is 0 Å². The van der Waals surface area contributed by atoms with Crippen molar-refractivity contribution in [2.75, 3.05) is 19.6 Å².